The van der Waals surface area contributed by atoms with E-state index in [0.29, 0.717) is 6.54 Å². The molecular weight excluding hydrogens is 254 g/mol. The average molecular weight is 271 g/mol. The van der Waals surface area contributed by atoms with E-state index in [1.165, 1.54) is 10.4 Å². The Bertz CT molecular complexity index is 670. The molecule has 3 aromatic rings. The van der Waals surface area contributed by atoms with Crippen LogP contribution in [0.15, 0.2) is 41.8 Å². The first-order chi connectivity index (χ1) is 9.29. The molecule has 1 aromatic carbocycles. The fourth-order valence-corrected chi connectivity index (χ4v) is 3.27. The summed E-state index contributed by atoms with van der Waals surface area (Å²) >= 11 is 1.78. The smallest absolute Gasteiger partial charge is 0.114 e. The summed E-state index contributed by atoms with van der Waals surface area (Å²) in [5.74, 6) is 1.35. The maximum absolute atomic E-state index is 5.96. The van der Waals surface area contributed by atoms with E-state index in [0.717, 1.165) is 17.8 Å². The quantitative estimate of drug-likeness (QED) is 0.793. The molecule has 2 heterocycles. The lowest BCUT2D eigenvalue weighted by atomic mass is 10.0. The summed E-state index contributed by atoms with van der Waals surface area (Å²) in [5.41, 5.74) is 8.18. The van der Waals surface area contributed by atoms with Crippen molar-refractivity contribution in [1.82, 2.24) is 9.55 Å². The minimum atomic E-state index is 0.274. The zero-order valence-corrected chi connectivity index (χ0v) is 11.7. The van der Waals surface area contributed by atoms with Crippen molar-refractivity contribution in [3.8, 4) is 0 Å². The van der Waals surface area contributed by atoms with Crippen LogP contribution in [0.5, 0.6) is 0 Å². The van der Waals surface area contributed by atoms with Gasteiger partial charge >= 0.3 is 0 Å². The summed E-state index contributed by atoms with van der Waals surface area (Å²) in [4.78, 5) is 6.11. The van der Waals surface area contributed by atoms with Gasteiger partial charge in [-0.1, -0.05) is 18.2 Å². The Morgan fingerprint density at radius 1 is 1.26 bits per heavy atom. The highest BCUT2D eigenvalue weighted by atomic mass is 32.1. The van der Waals surface area contributed by atoms with Gasteiger partial charge in [0.15, 0.2) is 0 Å². The molecule has 3 nitrogen and oxygen atoms in total. The molecule has 0 aliphatic carbocycles. The third-order valence-corrected chi connectivity index (χ3v) is 4.40. The zero-order chi connectivity index (χ0) is 13.2. The van der Waals surface area contributed by atoms with Crippen molar-refractivity contribution in [3.63, 3.8) is 0 Å². The molecule has 2 N–H and O–H groups in total. The Morgan fingerprint density at radius 3 is 2.79 bits per heavy atom. The Morgan fingerprint density at radius 2 is 2.11 bits per heavy atom. The van der Waals surface area contributed by atoms with E-state index in [4.69, 9.17) is 10.7 Å². The number of aromatic nitrogens is 2. The molecule has 2 aromatic heterocycles. The van der Waals surface area contributed by atoms with Crippen LogP contribution in [-0.2, 0) is 13.5 Å². The molecule has 1 unspecified atom stereocenters. The highest BCUT2D eigenvalue weighted by Gasteiger charge is 2.18. The van der Waals surface area contributed by atoms with Crippen LogP contribution in [0.3, 0.4) is 0 Å². The van der Waals surface area contributed by atoms with Crippen LogP contribution in [0.2, 0.25) is 0 Å². The molecule has 0 aliphatic rings. The molecule has 0 fully saturated rings. The third kappa shape index (κ3) is 2.29. The van der Waals surface area contributed by atoms with Crippen molar-refractivity contribution in [2.45, 2.75) is 12.3 Å². The summed E-state index contributed by atoms with van der Waals surface area (Å²) < 4.78 is 2.17. The van der Waals surface area contributed by atoms with Gasteiger partial charge in [0.1, 0.15) is 5.82 Å². The molecule has 0 saturated heterocycles. The molecule has 4 heteroatoms. The van der Waals surface area contributed by atoms with Crippen LogP contribution in [-0.4, -0.2) is 16.1 Å². The summed E-state index contributed by atoms with van der Waals surface area (Å²) in [6.45, 7) is 0.620. The highest BCUT2D eigenvalue weighted by molar-refractivity contribution is 7.09. The minimum absolute atomic E-state index is 0.274. The SMILES string of the molecule is Cn1c(C(CN)Cc2cccs2)nc2ccccc21. The van der Waals surface area contributed by atoms with Gasteiger partial charge in [-0.3, -0.25) is 0 Å². The van der Waals surface area contributed by atoms with Crippen LogP contribution in [0.1, 0.15) is 16.6 Å². The van der Waals surface area contributed by atoms with Crippen molar-refractivity contribution >= 4 is 22.4 Å². The van der Waals surface area contributed by atoms with Crippen LogP contribution >= 0.6 is 11.3 Å². The summed E-state index contributed by atoms with van der Waals surface area (Å²) in [5, 5.41) is 2.11. The second-order valence-corrected chi connectivity index (χ2v) is 5.77. The minimum Gasteiger partial charge on any atom is -0.331 e. The number of rotatable bonds is 4. The maximum Gasteiger partial charge on any atom is 0.114 e. The van der Waals surface area contributed by atoms with E-state index >= 15 is 0 Å². The van der Waals surface area contributed by atoms with E-state index in [-0.39, 0.29) is 5.92 Å². The average Bonchev–Trinajstić information content (AvgIpc) is 3.05. The fraction of sp³-hybridized carbons (Fsp3) is 0.267. The molecule has 1 atom stereocenters. The van der Waals surface area contributed by atoms with E-state index in [9.17, 15) is 0 Å². The monoisotopic (exact) mass is 271 g/mol. The maximum atomic E-state index is 5.96. The van der Waals surface area contributed by atoms with E-state index in [1.54, 1.807) is 11.3 Å². The lowest BCUT2D eigenvalue weighted by Crippen LogP contribution is -2.18. The predicted octanol–water partition coefficient (Wildman–Crippen LogP) is 2.92. The van der Waals surface area contributed by atoms with Crippen LogP contribution in [0.4, 0.5) is 0 Å². The summed E-state index contributed by atoms with van der Waals surface area (Å²) in [7, 11) is 2.07. The van der Waals surface area contributed by atoms with Crippen molar-refractivity contribution in [3.05, 3.63) is 52.5 Å². The van der Waals surface area contributed by atoms with Gasteiger partial charge in [-0.05, 0) is 30.0 Å². The Kier molecular flexibility index (Phi) is 3.36. The number of fused-ring (bicyclic) bond motifs is 1. The number of nitrogens with zero attached hydrogens (tertiary/aromatic N) is 2. The van der Waals surface area contributed by atoms with Gasteiger partial charge in [0.25, 0.3) is 0 Å². The Balaban J connectivity index is 1.99. The third-order valence-electron chi connectivity index (χ3n) is 3.50. The molecular formula is C15H17N3S. The molecule has 0 bridgehead atoms. The van der Waals surface area contributed by atoms with Gasteiger partial charge in [-0.25, -0.2) is 4.98 Å². The number of aryl methyl sites for hydroxylation is 1. The fourth-order valence-electron chi connectivity index (χ4n) is 2.48. The second kappa shape index (κ2) is 5.15. The van der Waals surface area contributed by atoms with Crippen LogP contribution < -0.4 is 5.73 Å². The van der Waals surface area contributed by atoms with Gasteiger partial charge < -0.3 is 10.3 Å². The molecule has 0 spiro atoms. The number of imidazole rings is 1. The van der Waals surface area contributed by atoms with Crippen molar-refractivity contribution in [2.75, 3.05) is 6.54 Å². The van der Waals surface area contributed by atoms with Gasteiger partial charge in [0, 0.05) is 24.4 Å². The second-order valence-electron chi connectivity index (χ2n) is 4.73. The van der Waals surface area contributed by atoms with Crippen LogP contribution in [0.25, 0.3) is 11.0 Å². The number of thiophene rings is 1. The first-order valence-corrected chi connectivity index (χ1v) is 7.31. The molecule has 0 radical (unpaired) electrons. The Hall–Kier alpha value is -1.65. The van der Waals surface area contributed by atoms with Gasteiger partial charge in [0.2, 0.25) is 0 Å². The van der Waals surface area contributed by atoms with Crippen molar-refractivity contribution in [2.24, 2.45) is 12.8 Å². The topological polar surface area (TPSA) is 43.8 Å². The zero-order valence-electron chi connectivity index (χ0n) is 10.9. The predicted molar refractivity (Wildman–Crippen MR) is 80.5 cm³/mol. The lowest BCUT2D eigenvalue weighted by molar-refractivity contribution is 0.627. The molecule has 19 heavy (non-hydrogen) atoms. The standard InChI is InChI=1S/C15H17N3S/c1-18-14-7-3-2-6-13(14)17-15(18)11(10-16)9-12-5-4-8-19-12/h2-8,11H,9-10,16H2,1H3. The van der Waals surface area contributed by atoms with Gasteiger partial charge in [0.05, 0.1) is 11.0 Å². The van der Waals surface area contributed by atoms with Crippen molar-refractivity contribution < 1.29 is 0 Å². The van der Waals surface area contributed by atoms with E-state index < -0.39 is 0 Å². The van der Waals surface area contributed by atoms with Gasteiger partial charge in [-0.15, -0.1) is 11.3 Å². The lowest BCUT2D eigenvalue weighted by Gasteiger charge is -2.13. The van der Waals surface area contributed by atoms with E-state index in [1.807, 2.05) is 12.1 Å². The highest BCUT2D eigenvalue weighted by Crippen LogP contribution is 2.25. The normalized spacial score (nSPS) is 12.9. The number of para-hydroxylation sites is 2. The Labute approximate surface area is 116 Å². The van der Waals surface area contributed by atoms with Crippen LogP contribution in [0, 0.1) is 0 Å². The summed E-state index contributed by atoms with van der Waals surface area (Å²) in [6, 6.07) is 12.5. The molecule has 0 amide bonds. The van der Waals surface area contributed by atoms with Gasteiger partial charge in [-0.2, -0.15) is 0 Å². The number of benzene rings is 1. The number of nitrogens with two attached hydrogens (primary N) is 1. The summed E-state index contributed by atoms with van der Waals surface area (Å²) in [6.07, 6.45) is 0.964. The molecule has 0 saturated carbocycles. The van der Waals surface area contributed by atoms with Crippen molar-refractivity contribution in [1.29, 1.82) is 0 Å². The molecule has 0 aliphatic heterocycles. The first-order valence-electron chi connectivity index (χ1n) is 6.43. The number of hydrogen-bond acceptors (Lipinski definition) is 3. The number of hydrogen-bond donors (Lipinski definition) is 1. The van der Waals surface area contributed by atoms with E-state index in [2.05, 4.69) is 41.3 Å². The largest absolute Gasteiger partial charge is 0.331 e. The molecule has 98 valence electrons. The first kappa shape index (κ1) is 12.4. The molecule has 3 rings (SSSR count).